The third-order valence-corrected chi connectivity index (χ3v) is 5.31. The van der Waals surface area contributed by atoms with E-state index in [1.807, 2.05) is 0 Å². The lowest BCUT2D eigenvalue weighted by Crippen LogP contribution is -2.10. The smallest absolute Gasteiger partial charge is 0.258 e. The van der Waals surface area contributed by atoms with E-state index in [1.165, 1.54) is 30.3 Å². The molecule has 0 aliphatic rings. The second kappa shape index (κ2) is 6.56. The third-order valence-electron chi connectivity index (χ3n) is 2.79. The molecule has 0 amide bonds. The Kier molecular flexibility index (Phi) is 5.19. The van der Waals surface area contributed by atoms with Gasteiger partial charge in [0, 0.05) is 4.47 Å². The monoisotopic (exact) mass is 436 g/mol. The van der Waals surface area contributed by atoms with Gasteiger partial charge in [0.15, 0.2) is 0 Å². The number of halogens is 3. The maximum absolute atomic E-state index is 13.2. The normalized spacial score (nSPS) is 13.1. The third kappa shape index (κ3) is 4.12. The van der Waals surface area contributed by atoms with Gasteiger partial charge >= 0.3 is 0 Å². The Bertz CT molecular complexity index is 745. The van der Waals surface area contributed by atoms with Crippen molar-refractivity contribution in [1.29, 1.82) is 0 Å². The zero-order chi connectivity index (χ0) is 15.6. The van der Waals surface area contributed by atoms with Crippen molar-refractivity contribution >= 4 is 42.0 Å². The van der Waals surface area contributed by atoms with Crippen molar-refractivity contribution in [3.8, 4) is 0 Å². The Morgan fingerprint density at radius 3 is 2.29 bits per heavy atom. The van der Waals surface area contributed by atoms with Gasteiger partial charge in [0.05, 0.1) is 15.5 Å². The van der Waals surface area contributed by atoms with Crippen molar-refractivity contribution in [2.24, 2.45) is 0 Å². The van der Waals surface area contributed by atoms with Gasteiger partial charge in [-0.3, -0.25) is 4.18 Å². The summed E-state index contributed by atoms with van der Waals surface area (Å²) in [4.78, 5) is 0.0683. The molecule has 1 atom stereocenters. The van der Waals surface area contributed by atoms with Crippen LogP contribution in [-0.4, -0.2) is 8.42 Å². The van der Waals surface area contributed by atoms with Crippen LogP contribution >= 0.6 is 31.9 Å². The summed E-state index contributed by atoms with van der Waals surface area (Å²) < 4.78 is 43.7. The summed E-state index contributed by atoms with van der Waals surface area (Å²) in [5, 5.41) is 0. The second-order valence-electron chi connectivity index (χ2n) is 4.32. The van der Waals surface area contributed by atoms with E-state index in [0.717, 1.165) is 4.47 Å². The van der Waals surface area contributed by atoms with Gasteiger partial charge < -0.3 is 0 Å². The number of benzene rings is 2. The largest absolute Gasteiger partial charge is 0.297 e. The Balaban J connectivity index is 2.23. The van der Waals surface area contributed by atoms with Crippen LogP contribution in [0.4, 0.5) is 4.39 Å². The van der Waals surface area contributed by atoms with Crippen LogP contribution in [0.25, 0.3) is 0 Å². The van der Waals surface area contributed by atoms with Crippen LogP contribution in [-0.2, 0) is 14.3 Å². The Hall–Kier alpha value is -0.760. The first-order valence-corrected chi connectivity index (χ1v) is 8.93. The van der Waals surface area contributed by atoms with Crippen molar-refractivity contribution in [2.45, 2.75) is 17.9 Å². The lowest BCUT2D eigenvalue weighted by atomic mass is 10.1. The molecule has 0 fully saturated rings. The minimum absolute atomic E-state index is 0.0683. The van der Waals surface area contributed by atoms with Crippen LogP contribution in [0.1, 0.15) is 18.6 Å². The van der Waals surface area contributed by atoms with Gasteiger partial charge in [-0.25, -0.2) is 4.39 Å². The van der Waals surface area contributed by atoms with Crippen molar-refractivity contribution in [2.75, 3.05) is 0 Å². The molecule has 0 aliphatic heterocycles. The van der Waals surface area contributed by atoms with Crippen molar-refractivity contribution in [1.82, 2.24) is 0 Å². The average molecular weight is 438 g/mol. The summed E-state index contributed by atoms with van der Waals surface area (Å²) in [5.41, 5.74) is 0.559. The SMILES string of the molecule is C[C@H](OS(=O)(=O)c1ccc(Br)cc1)c1ccc(F)c(Br)c1. The first-order valence-electron chi connectivity index (χ1n) is 5.93. The molecular formula is C14H11Br2FO3S. The fourth-order valence-electron chi connectivity index (χ4n) is 1.67. The summed E-state index contributed by atoms with van der Waals surface area (Å²) in [6.45, 7) is 1.59. The standard InChI is InChI=1S/C14H11Br2FO3S/c1-9(10-2-7-14(17)13(16)8-10)20-21(18,19)12-5-3-11(15)4-6-12/h2-9H,1H3/t9-/m0/s1. The summed E-state index contributed by atoms with van der Waals surface area (Å²) in [5.74, 6) is -0.415. The van der Waals surface area contributed by atoms with Gasteiger partial charge in [0.25, 0.3) is 10.1 Å². The number of rotatable bonds is 4. The Morgan fingerprint density at radius 2 is 1.71 bits per heavy atom. The van der Waals surface area contributed by atoms with E-state index in [0.29, 0.717) is 5.56 Å². The summed E-state index contributed by atoms with van der Waals surface area (Å²) in [7, 11) is -3.88. The van der Waals surface area contributed by atoms with Gasteiger partial charge in [-0.05, 0) is 64.8 Å². The van der Waals surface area contributed by atoms with E-state index >= 15 is 0 Å². The molecule has 2 aromatic rings. The fourth-order valence-corrected chi connectivity index (χ4v) is 3.40. The highest BCUT2D eigenvalue weighted by Gasteiger charge is 2.20. The zero-order valence-corrected chi connectivity index (χ0v) is 14.9. The molecular weight excluding hydrogens is 427 g/mol. The molecule has 0 spiro atoms. The number of hydrogen-bond acceptors (Lipinski definition) is 3. The maximum Gasteiger partial charge on any atom is 0.297 e. The van der Waals surface area contributed by atoms with Crippen LogP contribution in [0.5, 0.6) is 0 Å². The predicted octanol–water partition coefficient (Wildman–Crippen LogP) is 4.82. The Morgan fingerprint density at radius 1 is 1.10 bits per heavy atom. The quantitative estimate of drug-likeness (QED) is 0.644. The van der Waals surface area contributed by atoms with Gasteiger partial charge in [-0.1, -0.05) is 22.0 Å². The van der Waals surface area contributed by atoms with E-state index in [1.54, 1.807) is 19.1 Å². The van der Waals surface area contributed by atoms with E-state index in [9.17, 15) is 12.8 Å². The second-order valence-corrected chi connectivity index (χ2v) is 7.66. The molecule has 2 rings (SSSR count). The molecule has 7 heteroatoms. The lowest BCUT2D eigenvalue weighted by molar-refractivity contribution is 0.234. The maximum atomic E-state index is 13.2. The van der Waals surface area contributed by atoms with Gasteiger partial charge in [0.1, 0.15) is 5.82 Å². The fraction of sp³-hybridized carbons (Fsp3) is 0.143. The molecule has 21 heavy (non-hydrogen) atoms. The topological polar surface area (TPSA) is 43.4 Å². The van der Waals surface area contributed by atoms with Crippen LogP contribution in [0.3, 0.4) is 0 Å². The number of hydrogen-bond donors (Lipinski definition) is 0. The summed E-state index contributed by atoms with van der Waals surface area (Å²) in [6, 6.07) is 10.4. The van der Waals surface area contributed by atoms with Crippen molar-refractivity contribution < 1.29 is 17.0 Å². The molecule has 0 unspecified atom stereocenters. The highest BCUT2D eigenvalue weighted by atomic mass is 79.9. The highest BCUT2D eigenvalue weighted by molar-refractivity contribution is 9.10. The summed E-state index contributed by atoms with van der Waals surface area (Å²) >= 11 is 6.30. The molecule has 3 nitrogen and oxygen atoms in total. The van der Waals surface area contributed by atoms with Crippen LogP contribution in [0, 0.1) is 5.82 Å². The average Bonchev–Trinajstić information content (AvgIpc) is 2.41. The first-order chi connectivity index (χ1) is 9.79. The van der Waals surface area contributed by atoms with E-state index in [2.05, 4.69) is 31.9 Å². The zero-order valence-electron chi connectivity index (χ0n) is 10.9. The van der Waals surface area contributed by atoms with Gasteiger partial charge in [-0.15, -0.1) is 0 Å². The minimum atomic E-state index is -3.88. The highest BCUT2D eigenvalue weighted by Crippen LogP contribution is 2.27. The molecule has 112 valence electrons. The van der Waals surface area contributed by atoms with Crippen LogP contribution in [0.2, 0.25) is 0 Å². The molecule has 0 bridgehead atoms. The van der Waals surface area contributed by atoms with Crippen molar-refractivity contribution in [3.63, 3.8) is 0 Å². The molecule has 0 aromatic heterocycles. The predicted molar refractivity (Wildman–Crippen MR) is 84.9 cm³/mol. The van der Waals surface area contributed by atoms with Crippen LogP contribution in [0.15, 0.2) is 56.3 Å². The molecule has 2 aromatic carbocycles. The van der Waals surface area contributed by atoms with Gasteiger partial charge in [0.2, 0.25) is 0 Å². The summed E-state index contributed by atoms with van der Waals surface area (Å²) in [6.07, 6.45) is -0.726. The first kappa shape index (κ1) is 16.6. The Labute approximate surface area is 139 Å². The van der Waals surface area contributed by atoms with E-state index < -0.39 is 22.0 Å². The molecule has 0 radical (unpaired) electrons. The molecule has 0 aliphatic carbocycles. The molecule has 0 saturated heterocycles. The van der Waals surface area contributed by atoms with E-state index in [4.69, 9.17) is 4.18 Å². The minimum Gasteiger partial charge on any atom is -0.258 e. The van der Waals surface area contributed by atoms with Crippen molar-refractivity contribution in [3.05, 3.63) is 62.8 Å². The molecule has 0 saturated carbocycles. The van der Waals surface area contributed by atoms with E-state index in [-0.39, 0.29) is 9.37 Å². The van der Waals surface area contributed by atoms with Crippen LogP contribution < -0.4 is 0 Å². The lowest BCUT2D eigenvalue weighted by Gasteiger charge is -2.14. The molecule has 0 N–H and O–H groups in total. The molecule has 0 heterocycles. The van der Waals surface area contributed by atoms with Gasteiger partial charge in [-0.2, -0.15) is 8.42 Å².